The van der Waals surface area contributed by atoms with Crippen LogP contribution in [0.25, 0.3) is 0 Å². The predicted octanol–water partition coefficient (Wildman–Crippen LogP) is 5.02. The van der Waals surface area contributed by atoms with Crippen molar-refractivity contribution in [1.29, 1.82) is 0 Å². The first-order valence-corrected chi connectivity index (χ1v) is 11.7. The molecule has 0 radical (unpaired) electrons. The number of hydrogen-bond acceptors (Lipinski definition) is 5. The number of methoxy groups -OCH3 is 1. The summed E-state index contributed by atoms with van der Waals surface area (Å²) in [6.45, 7) is 4.51. The lowest BCUT2D eigenvalue weighted by Crippen LogP contribution is -2.40. The highest BCUT2D eigenvalue weighted by molar-refractivity contribution is 5.50. The van der Waals surface area contributed by atoms with Gasteiger partial charge >= 0.3 is 0 Å². The van der Waals surface area contributed by atoms with Crippen LogP contribution < -0.4 is 0 Å². The molecule has 5 heteroatoms. The Morgan fingerprint density at radius 1 is 1.03 bits per heavy atom. The van der Waals surface area contributed by atoms with Gasteiger partial charge in [0, 0.05) is 20.0 Å². The van der Waals surface area contributed by atoms with Crippen molar-refractivity contribution in [3.05, 3.63) is 48.6 Å². The summed E-state index contributed by atoms with van der Waals surface area (Å²) in [7, 11) is 1.77. The number of carbonyl (C=O) groups excluding carboxylic acids is 1. The monoisotopic (exact) mass is 430 g/mol. The van der Waals surface area contributed by atoms with Crippen LogP contribution in [0, 0.1) is 0 Å². The van der Waals surface area contributed by atoms with E-state index in [1.54, 1.807) is 7.11 Å². The molecular formula is C26H38O5. The molecule has 5 nitrogen and oxygen atoms in total. The Morgan fingerprint density at radius 3 is 2.48 bits per heavy atom. The summed E-state index contributed by atoms with van der Waals surface area (Å²) in [5.74, 6) is 0. The van der Waals surface area contributed by atoms with E-state index in [-0.39, 0.29) is 36.6 Å². The molecule has 0 amide bonds. The highest BCUT2D eigenvalue weighted by atomic mass is 16.5. The Kier molecular flexibility index (Phi) is 10.2. The molecular weight excluding hydrogens is 392 g/mol. The smallest absolute Gasteiger partial charge is 0.122 e. The van der Waals surface area contributed by atoms with Crippen molar-refractivity contribution in [3.63, 3.8) is 0 Å². The SMILES string of the molecule is C=CC[C@H]1C[C@H](OCc2ccccc2)C[C@@H](C[C@@H](C[C@@H]2CCC[C@@H](CC=O)O2)OC)O1. The number of benzene rings is 1. The van der Waals surface area contributed by atoms with Gasteiger partial charge in [-0.1, -0.05) is 36.4 Å². The molecule has 0 bridgehead atoms. The minimum Gasteiger partial charge on any atom is -0.381 e. The van der Waals surface area contributed by atoms with E-state index in [4.69, 9.17) is 18.9 Å². The third kappa shape index (κ3) is 8.15. The van der Waals surface area contributed by atoms with Gasteiger partial charge in [0.1, 0.15) is 6.29 Å². The molecule has 1 aromatic rings. The number of aldehydes is 1. The van der Waals surface area contributed by atoms with Gasteiger partial charge in [-0.15, -0.1) is 6.58 Å². The second-order valence-electron chi connectivity index (χ2n) is 8.84. The molecule has 1 aromatic carbocycles. The van der Waals surface area contributed by atoms with Crippen LogP contribution in [0.1, 0.15) is 63.4 Å². The van der Waals surface area contributed by atoms with Gasteiger partial charge < -0.3 is 23.7 Å². The predicted molar refractivity (Wildman–Crippen MR) is 121 cm³/mol. The summed E-state index contributed by atoms with van der Waals surface area (Å²) in [4.78, 5) is 10.8. The number of carbonyl (C=O) groups is 1. The summed E-state index contributed by atoms with van der Waals surface area (Å²) in [5, 5.41) is 0. The lowest BCUT2D eigenvalue weighted by Gasteiger charge is -2.37. The second-order valence-corrected chi connectivity index (χ2v) is 8.84. The Bertz CT molecular complexity index is 648. The Morgan fingerprint density at radius 2 is 1.74 bits per heavy atom. The third-order valence-electron chi connectivity index (χ3n) is 6.38. The maximum absolute atomic E-state index is 10.8. The van der Waals surface area contributed by atoms with Crippen molar-refractivity contribution in [2.75, 3.05) is 7.11 Å². The molecule has 0 aliphatic carbocycles. The first-order valence-electron chi connectivity index (χ1n) is 11.7. The average molecular weight is 431 g/mol. The maximum Gasteiger partial charge on any atom is 0.122 e. The molecule has 31 heavy (non-hydrogen) atoms. The van der Waals surface area contributed by atoms with Gasteiger partial charge in [0.2, 0.25) is 0 Å². The van der Waals surface area contributed by atoms with Crippen molar-refractivity contribution in [2.24, 2.45) is 0 Å². The highest BCUT2D eigenvalue weighted by Gasteiger charge is 2.33. The molecule has 0 aromatic heterocycles. The van der Waals surface area contributed by atoms with E-state index in [0.717, 1.165) is 57.7 Å². The van der Waals surface area contributed by atoms with Crippen LogP contribution in [0.4, 0.5) is 0 Å². The minimum absolute atomic E-state index is 0.0624. The van der Waals surface area contributed by atoms with E-state index in [2.05, 4.69) is 18.7 Å². The zero-order chi connectivity index (χ0) is 21.9. The highest BCUT2D eigenvalue weighted by Crippen LogP contribution is 2.30. The summed E-state index contributed by atoms with van der Waals surface area (Å²) in [5.41, 5.74) is 1.19. The van der Waals surface area contributed by atoms with Crippen LogP contribution in [0.2, 0.25) is 0 Å². The standard InChI is InChI=1S/C26H38O5/c1-3-8-22-16-25(29-19-20-9-5-4-6-10-20)18-26(31-22)17-24(28-2)15-23-12-7-11-21(30-23)13-14-27/h3-6,9-10,14,21-26H,1,7-8,11-13,15-19H2,2H3/t21-,22-,23-,24+,25-,26+/m0/s1. The van der Waals surface area contributed by atoms with Crippen LogP contribution in [0.15, 0.2) is 43.0 Å². The third-order valence-corrected chi connectivity index (χ3v) is 6.38. The van der Waals surface area contributed by atoms with E-state index in [1.807, 2.05) is 24.3 Å². The van der Waals surface area contributed by atoms with E-state index in [1.165, 1.54) is 5.56 Å². The Hall–Kier alpha value is -1.53. The molecule has 0 spiro atoms. The van der Waals surface area contributed by atoms with Gasteiger partial charge in [-0.2, -0.15) is 0 Å². The fourth-order valence-electron chi connectivity index (χ4n) is 4.79. The van der Waals surface area contributed by atoms with Crippen LogP contribution >= 0.6 is 0 Å². The molecule has 2 aliphatic rings. The van der Waals surface area contributed by atoms with Crippen molar-refractivity contribution in [2.45, 2.75) is 101 Å². The fourth-order valence-corrected chi connectivity index (χ4v) is 4.79. The largest absolute Gasteiger partial charge is 0.381 e. The molecule has 0 saturated carbocycles. The zero-order valence-electron chi connectivity index (χ0n) is 18.8. The maximum atomic E-state index is 10.8. The molecule has 0 N–H and O–H groups in total. The molecule has 2 aliphatic heterocycles. The number of ether oxygens (including phenoxy) is 4. The van der Waals surface area contributed by atoms with Crippen molar-refractivity contribution in [1.82, 2.24) is 0 Å². The molecule has 2 saturated heterocycles. The normalized spacial score (nSPS) is 29.9. The molecule has 3 rings (SSSR count). The molecule has 2 fully saturated rings. The van der Waals surface area contributed by atoms with Gasteiger partial charge in [-0.3, -0.25) is 0 Å². The lowest BCUT2D eigenvalue weighted by molar-refractivity contribution is -0.135. The first kappa shape index (κ1) is 24.1. The summed E-state index contributed by atoms with van der Waals surface area (Å²) in [6.07, 6.45) is 11.5. The van der Waals surface area contributed by atoms with Gasteiger partial charge in [-0.25, -0.2) is 0 Å². The van der Waals surface area contributed by atoms with Gasteiger partial charge in [0.25, 0.3) is 0 Å². The van der Waals surface area contributed by atoms with Crippen LogP contribution in [0.5, 0.6) is 0 Å². The van der Waals surface area contributed by atoms with E-state index >= 15 is 0 Å². The van der Waals surface area contributed by atoms with E-state index in [9.17, 15) is 4.79 Å². The average Bonchev–Trinajstić information content (AvgIpc) is 2.78. The molecule has 172 valence electrons. The van der Waals surface area contributed by atoms with Crippen molar-refractivity contribution >= 4 is 6.29 Å². The van der Waals surface area contributed by atoms with Crippen molar-refractivity contribution in [3.8, 4) is 0 Å². The van der Waals surface area contributed by atoms with Crippen LogP contribution in [-0.2, 0) is 30.3 Å². The molecule has 2 heterocycles. The topological polar surface area (TPSA) is 54.0 Å². The van der Waals surface area contributed by atoms with Crippen LogP contribution in [0.3, 0.4) is 0 Å². The summed E-state index contributed by atoms with van der Waals surface area (Å²) < 4.78 is 24.6. The fraction of sp³-hybridized carbons (Fsp3) is 0.654. The Balaban J connectivity index is 1.52. The minimum atomic E-state index is 0.0624. The summed E-state index contributed by atoms with van der Waals surface area (Å²) >= 11 is 0. The van der Waals surface area contributed by atoms with Crippen LogP contribution in [-0.4, -0.2) is 50.0 Å². The van der Waals surface area contributed by atoms with E-state index < -0.39 is 0 Å². The van der Waals surface area contributed by atoms with Gasteiger partial charge in [0.05, 0.1) is 43.2 Å². The number of rotatable bonds is 12. The second kappa shape index (κ2) is 13.1. The zero-order valence-corrected chi connectivity index (χ0v) is 18.8. The van der Waals surface area contributed by atoms with Gasteiger partial charge in [0.15, 0.2) is 0 Å². The first-order chi connectivity index (χ1) is 15.2. The quantitative estimate of drug-likeness (QED) is 0.344. The van der Waals surface area contributed by atoms with E-state index in [0.29, 0.717) is 13.0 Å². The Labute approximate surface area is 187 Å². The number of hydrogen-bond donors (Lipinski definition) is 0. The summed E-state index contributed by atoms with van der Waals surface area (Å²) in [6, 6.07) is 10.3. The molecule has 6 atom stereocenters. The molecule has 0 unspecified atom stereocenters. The van der Waals surface area contributed by atoms with Crippen molar-refractivity contribution < 1.29 is 23.7 Å². The van der Waals surface area contributed by atoms with Gasteiger partial charge in [-0.05, 0) is 50.5 Å². The lowest BCUT2D eigenvalue weighted by atomic mass is 9.92.